The quantitative estimate of drug-likeness (QED) is 0.0509. The van der Waals surface area contributed by atoms with Gasteiger partial charge in [-0.2, -0.15) is 0 Å². The van der Waals surface area contributed by atoms with E-state index in [1.54, 1.807) is 6.20 Å². The van der Waals surface area contributed by atoms with Gasteiger partial charge in [-0.1, -0.05) is 130 Å². The Labute approximate surface area is 325 Å². The van der Waals surface area contributed by atoms with Crippen LogP contribution in [0.15, 0.2) is 12.5 Å². The molecule has 1 aromatic rings. The van der Waals surface area contributed by atoms with Gasteiger partial charge in [0.25, 0.3) is 5.91 Å². The molecule has 1 amide bonds. The first-order valence-electron chi connectivity index (χ1n) is 22.3. The average Bonchev–Trinajstić information content (AvgIpc) is 3.70. The van der Waals surface area contributed by atoms with Gasteiger partial charge in [-0.15, -0.1) is 0 Å². The second kappa shape index (κ2) is 36.6. The number of imidazole rings is 1. The Hall–Kier alpha value is -2.42. The molecule has 1 aromatic heterocycles. The van der Waals surface area contributed by atoms with Crippen molar-refractivity contribution in [1.29, 1.82) is 0 Å². The van der Waals surface area contributed by atoms with Crippen molar-refractivity contribution in [3.8, 4) is 0 Å². The van der Waals surface area contributed by atoms with E-state index in [-0.39, 0.29) is 23.9 Å². The summed E-state index contributed by atoms with van der Waals surface area (Å²) in [5, 5.41) is 2.98. The van der Waals surface area contributed by atoms with Crippen molar-refractivity contribution >= 4 is 17.8 Å². The first-order chi connectivity index (χ1) is 26.0. The number of ether oxygens (including phenoxy) is 2. The topological polar surface area (TPSA) is 114 Å². The zero-order valence-electron chi connectivity index (χ0n) is 34.7. The summed E-state index contributed by atoms with van der Waals surface area (Å²) in [5.74, 6) is -0.213. The summed E-state index contributed by atoms with van der Waals surface area (Å²) in [4.78, 5) is 46.4. The van der Waals surface area contributed by atoms with Crippen LogP contribution in [0.2, 0.25) is 0 Å². The highest BCUT2D eigenvalue weighted by molar-refractivity contribution is 5.91. The van der Waals surface area contributed by atoms with Gasteiger partial charge < -0.3 is 24.7 Å². The molecule has 0 aliphatic carbocycles. The molecule has 0 saturated carbocycles. The van der Waals surface area contributed by atoms with Crippen molar-refractivity contribution in [1.82, 2.24) is 20.2 Å². The van der Waals surface area contributed by atoms with E-state index >= 15 is 0 Å². The number of H-pyrrole nitrogens is 1. The number of nitrogens with one attached hydrogen (secondary N) is 2. The lowest BCUT2D eigenvalue weighted by molar-refractivity contribution is -0.150. The number of nitrogens with zero attached hydrogens (tertiary/aromatic N) is 2. The lowest BCUT2D eigenvalue weighted by Crippen LogP contribution is -2.31. The van der Waals surface area contributed by atoms with Crippen LogP contribution in [-0.4, -0.2) is 71.6 Å². The number of aromatic amines is 1. The molecule has 0 saturated heterocycles. The molecule has 0 aliphatic heterocycles. The Balaban J connectivity index is 2.40. The van der Waals surface area contributed by atoms with E-state index in [0.29, 0.717) is 31.7 Å². The molecule has 0 atom stereocenters. The number of esters is 2. The predicted octanol–water partition coefficient (Wildman–Crippen LogP) is 11.3. The number of rotatable bonds is 39. The van der Waals surface area contributed by atoms with Gasteiger partial charge in [0.1, 0.15) is 11.8 Å². The van der Waals surface area contributed by atoms with Gasteiger partial charge in [-0.05, 0) is 83.8 Å². The van der Waals surface area contributed by atoms with Crippen molar-refractivity contribution in [3.05, 3.63) is 18.2 Å². The SMILES string of the molecule is CCCCCCCCC(CCCCCCCC)OC(=O)CCCCN(CCCCCCCCCCC(=O)OCCCC)CCCNC(=O)c1c[nH]cn1. The normalized spacial score (nSPS) is 11.4. The smallest absolute Gasteiger partial charge is 0.306 e. The van der Waals surface area contributed by atoms with Crippen molar-refractivity contribution in [2.75, 3.05) is 32.8 Å². The average molecular weight is 747 g/mol. The second-order valence-corrected chi connectivity index (χ2v) is 15.2. The van der Waals surface area contributed by atoms with Crippen LogP contribution in [0.25, 0.3) is 0 Å². The van der Waals surface area contributed by atoms with Crippen molar-refractivity contribution in [2.24, 2.45) is 0 Å². The Morgan fingerprint density at radius 3 is 1.70 bits per heavy atom. The Morgan fingerprint density at radius 2 is 1.11 bits per heavy atom. The first-order valence-corrected chi connectivity index (χ1v) is 22.3. The summed E-state index contributed by atoms with van der Waals surface area (Å²) in [6, 6.07) is 0. The van der Waals surface area contributed by atoms with Crippen LogP contribution in [-0.2, 0) is 19.1 Å². The fourth-order valence-electron chi connectivity index (χ4n) is 6.80. The standard InChI is InChI=1S/C44H82N4O5/c1-4-7-10-12-18-22-29-40(30-23-19-13-11-8-5-2)53-43(50)32-25-27-35-48(36-28-33-46-44(51)41-38-45-39-47-41)34-26-21-17-15-14-16-20-24-31-42(49)52-37-9-6-3/h38-40H,4-37H2,1-3H3,(H,45,47)(H,46,51). The molecule has 0 fully saturated rings. The minimum absolute atomic E-state index is 0.0218. The van der Waals surface area contributed by atoms with Gasteiger partial charge in [0, 0.05) is 25.6 Å². The maximum atomic E-state index is 12.9. The summed E-state index contributed by atoms with van der Waals surface area (Å²) in [6.07, 6.45) is 35.4. The lowest BCUT2D eigenvalue weighted by Gasteiger charge is -2.22. The third-order valence-electron chi connectivity index (χ3n) is 10.2. The van der Waals surface area contributed by atoms with Gasteiger partial charge in [0.15, 0.2) is 0 Å². The van der Waals surface area contributed by atoms with E-state index < -0.39 is 0 Å². The van der Waals surface area contributed by atoms with E-state index in [2.05, 4.69) is 41.0 Å². The number of carbonyl (C=O) groups excluding carboxylic acids is 3. The minimum atomic E-state index is -0.144. The number of carbonyl (C=O) groups is 3. The third kappa shape index (κ3) is 30.6. The maximum Gasteiger partial charge on any atom is 0.306 e. The fraction of sp³-hybridized carbons (Fsp3) is 0.864. The first kappa shape index (κ1) is 48.6. The summed E-state index contributed by atoms with van der Waals surface area (Å²) >= 11 is 0. The minimum Gasteiger partial charge on any atom is -0.466 e. The zero-order valence-corrected chi connectivity index (χ0v) is 34.7. The van der Waals surface area contributed by atoms with Gasteiger partial charge in [-0.25, -0.2) is 4.98 Å². The molecule has 1 heterocycles. The molecule has 9 heteroatoms. The number of unbranched alkanes of at least 4 members (excludes halogenated alkanes) is 19. The molecule has 0 unspecified atom stereocenters. The molecule has 0 radical (unpaired) electrons. The Bertz CT molecular complexity index is 957. The van der Waals surface area contributed by atoms with E-state index in [9.17, 15) is 14.4 Å². The molecule has 0 aliphatic rings. The zero-order chi connectivity index (χ0) is 38.5. The van der Waals surface area contributed by atoms with Crippen LogP contribution in [0.5, 0.6) is 0 Å². The van der Waals surface area contributed by atoms with Crippen LogP contribution < -0.4 is 5.32 Å². The van der Waals surface area contributed by atoms with Crippen molar-refractivity contribution < 1.29 is 23.9 Å². The summed E-state index contributed by atoms with van der Waals surface area (Å²) in [6.45, 7) is 10.7. The van der Waals surface area contributed by atoms with Gasteiger partial charge in [-0.3, -0.25) is 14.4 Å². The molecular weight excluding hydrogens is 665 g/mol. The highest BCUT2D eigenvalue weighted by Gasteiger charge is 2.15. The molecule has 0 aromatic carbocycles. The molecule has 308 valence electrons. The number of aromatic nitrogens is 2. The highest BCUT2D eigenvalue weighted by atomic mass is 16.5. The number of hydrogen-bond acceptors (Lipinski definition) is 7. The monoisotopic (exact) mass is 747 g/mol. The molecular formula is C44H82N4O5. The van der Waals surface area contributed by atoms with E-state index in [1.165, 1.54) is 103 Å². The van der Waals surface area contributed by atoms with Gasteiger partial charge in [0.2, 0.25) is 0 Å². The molecule has 2 N–H and O–H groups in total. The highest BCUT2D eigenvalue weighted by Crippen LogP contribution is 2.18. The van der Waals surface area contributed by atoms with Crippen LogP contribution in [0.4, 0.5) is 0 Å². The van der Waals surface area contributed by atoms with E-state index in [1.807, 2.05) is 0 Å². The largest absolute Gasteiger partial charge is 0.466 e. The van der Waals surface area contributed by atoms with Crippen LogP contribution >= 0.6 is 0 Å². The number of hydrogen-bond donors (Lipinski definition) is 2. The molecule has 1 rings (SSSR count). The van der Waals surface area contributed by atoms with Crippen LogP contribution in [0.1, 0.15) is 217 Å². The third-order valence-corrected chi connectivity index (χ3v) is 10.2. The molecule has 53 heavy (non-hydrogen) atoms. The summed E-state index contributed by atoms with van der Waals surface area (Å²) in [5.41, 5.74) is 0.417. The van der Waals surface area contributed by atoms with E-state index in [4.69, 9.17) is 9.47 Å². The van der Waals surface area contributed by atoms with Crippen LogP contribution in [0.3, 0.4) is 0 Å². The second-order valence-electron chi connectivity index (χ2n) is 15.2. The Morgan fingerprint density at radius 1 is 0.623 bits per heavy atom. The molecule has 0 bridgehead atoms. The van der Waals surface area contributed by atoms with Crippen molar-refractivity contribution in [2.45, 2.75) is 213 Å². The summed E-state index contributed by atoms with van der Waals surface area (Å²) < 4.78 is 11.3. The van der Waals surface area contributed by atoms with Gasteiger partial charge >= 0.3 is 11.9 Å². The van der Waals surface area contributed by atoms with Crippen molar-refractivity contribution in [3.63, 3.8) is 0 Å². The lowest BCUT2D eigenvalue weighted by atomic mass is 10.0. The predicted molar refractivity (Wildman–Crippen MR) is 219 cm³/mol. The maximum absolute atomic E-state index is 12.9. The number of amides is 1. The van der Waals surface area contributed by atoms with E-state index in [0.717, 1.165) is 96.7 Å². The Kier molecular flexibility index (Phi) is 33.5. The summed E-state index contributed by atoms with van der Waals surface area (Å²) in [7, 11) is 0. The van der Waals surface area contributed by atoms with Gasteiger partial charge in [0.05, 0.1) is 12.9 Å². The molecule has 0 spiro atoms. The fourth-order valence-corrected chi connectivity index (χ4v) is 6.80. The molecule has 9 nitrogen and oxygen atoms in total. The van der Waals surface area contributed by atoms with Crippen LogP contribution in [0, 0.1) is 0 Å².